The van der Waals surface area contributed by atoms with Gasteiger partial charge in [-0.05, 0) is 19.8 Å². The predicted octanol–water partition coefficient (Wildman–Crippen LogP) is 2.01. The molecule has 18 heavy (non-hydrogen) atoms. The van der Waals surface area contributed by atoms with E-state index in [1.807, 2.05) is 0 Å². The molecule has 0 aromatic carbocycles. The second-order valence-electron chi connectivity index (χ2n) is 4.18. The minimum absolute atomic E-state index is 0.0920. The van der Waals surface area contributed by atoms with Crippen LogP contribution in [-0.4, -0.2) is 29.7 Å². The van der Waals surface area contributed by atoms with Gasteiger partial charge in [0, 0.05) is 12.2 Å². The molecule has 1 atom stereocenters. The number of esters is 1. The lowest BCUT2D eigenvalue weighted by Gasteiger charge is -2.15. The van der Waals surface area contributed by atoms with Crippen molar-refractivity contribution in [2.24, 2.45) is 0 Å². The summed E-state index contributed by atoms with van der Waals surface area (Å²) in [6.45, 7) is 2.44. The zero-order valence-corrected chi connectivity index (χ0v) is 11.2. The fraction of sp³-hybridized carbons (Fsp3) is 0.583. The lowest BCUT2D eigenvalue weighted by atomic mass is 10.0. The first-order valence-electron chi connectivity index (χ1n) is 5.83. The number of halogens is 1. The summed E-state index contributed by atoms with van der Waals surface area (Å²) < 4.78 is 10.3. The maximum atomic E-state index is 11.4. The van der Waals surface area contributed by atoms with E-state index in [0.717, 1.165) is 18.4 Å². The van der Waals surface area contributed by atoms with Crippen molar-refractivity contribution in [2.45, 2.75) is 32.3 Å². The number of carbonyl (C=O) groups is 1. The van der Waals surface area contributed by atoms with E-state index in [-0.39, 0.29) is 18.5 Å². The van der Waals surface area contributed by atoms with E-state index in [4.69, 9.17) is 16.3 Å². The van der Waals surface area contributed by atoms with Crippen molar-refractivity contribution in [3.63, 3.8) is 0 Å². The van der Waals surface area contributed by atoms with Crippen LogP contribution in [-0.2, 0) is 20.7 Å². The summed E-state index contributed by atoms with van der Waals surface area (Å²) in [5.74, 6) is 0.198. The van der Waals surface area contributed by atoms with Crippen LogP contribution >= 0.6 is 11.6 Å². The Bertz CT molecular complexity index is 459. The Hall–Kier alpha value is -1.20. The van der Waals surface area contributed by atoms with Gasteiger partial charge >= 0.3 is 5.97 Å². The first-order valence-corrected chi connectivity index (χ1v) is 6.21. The van der Waals surface area contributed by atoms with Gasteiger partial charge in [-0.2, -0.15) is 0 Å². The van der Waals surface area contributed by atoms with Crippen LogP contribution in [0.5, 0.6) is 0 Å². The number of methoxy groups -OCH3 is 1. The molecule has 1 saturated heterocycles. The van der Waals surface area contributed by atoms with Crippen molar-refractivity contribution >= 4 is 17.6 Å². The van der Waals surface area contributed by atoms with E-state index in [1.165, 1.54) is 7.11 Å². The number of rotatable bonds is 3. The lowest BCUT2D eigenvalue weighted by molar-refractivity contribution is -0.139. The molecule has 0 N–H and O–H groups in total. The molecular weight excluding hydrogens is 256 g/mol. The molecule has 1 aliphatic rings. The average Bonchev–Trinajstić information content (AvgIpc) is 2.81. The van der Waals surface area contributed by atoms with Crippen molar-refractivity contribution < 1.29 is 14.3 Å². The number of aromatic nitrogens is 2. The van der Waals surface area contributed by atoms with Gasteiger partial charge < -0.3 is 9.47 Å². The van der Waals surface area contributed by atoms with Crippen molar-refractivity contribution in [3.8, 4) is 0 Å². The third-order valence-corrected chi connectivity index (χ3v) is 3.17. The maximum absolute atomic E-state index is 11.4. The van der Waals surface area contributed by atoms with Gasteiger partial charge in [0.25, 0.3) is 0 Å². The fourth-order valence-electron chi connectivity index (χ4n) is 2.07. The zero-order valence-electron chi connectivity index (χ0n) is 10.4. The minimum atomic E-state index is -0.344. The van der Waals surface area contributed by atoms with Crippen LogP contribution in [0.1, 0.15) is 36.0 Å². The molecule has 2 heterocycles. The summed E-state index contributed by atoms with van der Waals surface area (Å²) in [4.78, 5) is 19.8. The fourth-order valence-corrected chi connectivity index (χ4v) is 2.42. The average molecular weight is 271 g/mol. The second-order valence-corrected chi connectivity index (χ2v) is 4.53. The van der Waals surface area contributed by atoms with Crippen LogP contribution < -0.4 is 0 Å². The first kappa shape index (κ1) is 13.2. The third kappa shape index (κ3) is 2.79. The zero-order chi connectivity index (χ0) is 13.1. The molecule has 0 spiro atoms. The Morgan fingerprint density at radius 2 is 2.33 bits per heavy atom. The molecule has 2 rings (SSSR count). The van der Waals surface area contributed by atoms with Crippen LogP contribution in [0.25, 0.3) is 0 Å². The van der Waals surface area contributed by atoms with Gasteiger partial charge in [0.15, 0.2) is 0 Å². The van der Waals surface area contributed by atoms with Crippen LogP contribution in [0.4, 0.5) is 0 Å². The van der Waals surface area contributed by atoms with Crippen molar-refractivity contribution in [1.29, 1.82) is 0 Å². The number of hydrogen-bond donors (Lipinski definition) is 0. The van der Waals surface area contributed by atoms with Crippen molar-refractivity contribution in [1.82, 2.24) is 9.97 Å². The highest BCUT2D eigenvalue weighted by Crippen LogP contribution is 2.34. The summed E-state index contributed by atoms with van der Waals surface area (Å²) >= 11 is 6.16. The van der Waals surface area contributed by atoms with E-state index < -0.39 is 0 Å². The van der Waals surface area contributed by atoms with Gasteiger partial charge in [0.1, 0.15) is 11.0 Å². The molecule has 1 fully saturated rings. The van der Waals surface area contributed by atoms with Crippen LogP contribution in [0.2, 0.25) is 5.15 Å². The SMILES string of the molecule is COC(=O)Cc1nc(C)nc(Cl)c1C1CCCO1. The Morgan fingerprint density at radius 3 is 2.94 bits per heavy atom. The number of hydrogen-bond acceptors (Lipinski definition) is 5. The summed E-state index contributed by atoms with van der Waals surface area (Å²) in [5.41, 5.74) is 1.33. The number of nitrogens with zero attached hydrogens (tertiary/aromatic N) is 2. The lowest BCUT2D eigenvalue weighted by Crippen LogP contribution is -2.13. The largest absolute Gasteiger partial charge is 0.469 e. The predicted molar refractivity (Wildman–Crippen MR) is 65.4 cm³/mol. The molecule has 98 valence electrons. The molecule has 0 saturated carbocycles. The molecule has 1 unspecified atom stereocenters. The Morgan fingerprint density at radius 1 is 1.56 bits per heavy atom. The summed E-state index contributed by atoms with van der Waals surface area (Å²) in [7, 11) is 1.35. The summed E-state index contributed by atoms with van der Waals surface area (Å²) in [6, 6.07) is 0. The van der Waals surface area contributed by atoms with E-state index in [0.29, 0.717) is 23.3 Å². The minimum Gasteiger partial charge on any atom is -0.469 e. The quantitative estimate of drug-likeness (QED) is 0.621. The van der Waals surface area contributed by atoms with Gasteiger partial charge in [-0.15, -0.1) is 0 Å². The van der Waals surface area contributed by atoms with Gasteiger partial charge in [0.05, 0.1) is 25.3 Å². The highest BCUT2D eigenvalue weighted by atomic mass is 35.5. The van der Waals surface area contributed by atoms with Gasteiger partial charge in [-0.1, -0.05) is 11.6 Å². The molecule has 0 bridgehead atoms. The molecule has 0 amide bonds. The highest BCUT2D eigenvalue weighted by molar-refractivity contribution is 6.30. The monoisotopic (exact) mass is 270 g/mol. The molecule has 0 radical (unpaired) electrons. The molecular formula is C12H15ClN2O3. The Kier molecular flexibility index (Phi) is 4.14. The van der Waals surface area contributed by atoms with E-state index in [9.17, 15) is 4.79 Å². The molecule has 5 nitrogen and oxygen atoms in total. The van der Waals surface area contributed by atoms with Crippen molar-refractivity contribution in [3.05, 3.63) is 22.2 Å². The van der Waals surface area contributed by atoms with E-state index in [1.54, 1.807) is 6.92 Å². The summed E-state index contributed by atoms with van der Waals surface area (Å²) in [5, 5.41) is 0.369. The first-order chi connectivity index (χ1) is 8.61. The standard InChI is InChI=1S/C12H15ClN2O3/c1-7-14-8(6-10(16)17-2)11(12(13)15-7)9-4-3-5-18-9/h9H,3-6H2,1-2H3. The topological polar surface area (TPSA) is 61.3 Å². The summed E-state index contributed by atoms with van der Waals surface area (Å²) in [6.07, 6.45) is 1.83. The Labute approximate surface area is 110 Å². The number of aryl methyl sites for hydroxylation is 1. The molecule has 1 aromatic rings. The second kappa shape index (κ2) is 5.63. The van der Waals surface area contributed by atoms with Crippen molar-refractivity contribution in [2.75, 3.05) is 13.7 Å². The van der Waals surface area contributed by atoms with Gasteiger partial charge in [0.2, 0.25) is 0 Å². The van der Waals surface area contributed by atoms with Gasteiger partial charge in [-0.3, -0.25) is 4.79 Å². The van der Waals surface area contributed by atoms with Crippen LogP contribution in [0, 0.1) is 6.92 Å². The third-order valence-electron chi connectivity index (χ3n) is 2.88. The molecule has 1 aromatic heterocycles. The van der Waals surface area contributed by atoms with Crippen LogP contribution in [0.3, 0.4) is 0 Å². The Balaban J connectivity index is 2.37. The number of carbonyl (C=O) groups excluding carboxylic acids is 1. The molecule has 1 aliphatic heterocycles. The van der Waals surface area contributed by atoms with Crippen LogP contribution in [0.15, 0.2) is 0 Å². The normalized spacial score (nSPS) is 18.9. The molecule has 6 heteroatoms. The van der Waals surface area contributed by atoms with Gasteiger partial charge in [-0.25, -0.2) is 9.97 Å². The molecule has 0 aliphatic carbocycles. The van der Waals surface area contributed by atoms with E-state index >= 15 is 0 Å². The maximum Gasteiger partial charge on any atom is 0.311 e. The van der Waals surface area contributed by atoms with E-state index in [2.05, 4.69) is 14.7 Å². The number of ether oxygens (including phenoxy) is 2. The highest BCUT2D eigenvalue weighted by Gasteiger charge is 2.26. The smallest absolute Gasteiger partial charge is 0.311 e.